The van der Waals surface area contributed by atoms with E-state index < -0.39 is 12.2 Å². The van der Waals surface area contributed by atoms with Gasteiger partial charge in [0.2, 0.25) is 0 Å². The van der Waals surface area contributed by atoms with Gasteiger partial charge in [-0.15, -0.1) is 0 Å². The molecule has 0 amide bonds. The summed E-state index contributed by atoms with van der Waals surface area (Å²) in [5, 5.41) is 28.6. The normalized spacial score (nSPS) is 27.8. The molecule has 0 bridgehead atoms. The van der Waals surface area contributed by atoms with Crippen LogP contribution in [0.4, 0.5) is 0 Å². The van der Waals surface area contributed by atoms with E-state index in [1.807, 2.05) is 23.1 Å². The molecule has 1 fully saturated rings. The van der Waals surface area contributed by atoms with Crippen molar-refractivity contribution in [2.45, 2.75) is 37.5 Å². The van der Waals surface area contributed by atoms with Gasteiger partial charge in [-0.05, 0) is 31.4 Å². The summed E-state index contributed by atoms with van der Waals surface area (Å²) in [7, 11) is 0. The van der Waals surface area contributed by atoms with Crippen molar-refractivity contribution >= 4 is 0 Å². The summed E-state index contributed by atoms with van der Waals surface area (Å²) < 4.78 is 0. The lowest BCUT2D eigenvalue weighted by Crippen LogP contribution is -2.39. The Balaban J connectivity index is 1.71. The summed E-state index contributed by atoms with van der Waals surface area (Å²) in [6, 6.07) is 10.0. The lowest BCUT2D eigenvalue weighted by atomic mass is 10.1. The van der Waals surface area contributed by atoms with Crippen LogP contribution in [0.5, 0.6) is 0 Å². The van der Waals surface area contributed by atoms with Crippen molar-refractivity contribution in [2.75, 3.05) is 19.7 Å². The second-order valence-corrected chi connectivity index (χ2v) is 5.25. The molecule has 1 saturated heterocycles. The van der Waals surface area contributed by atoms with Crippen LogP contribution >= 0.6 is 0 Å². The first kappa shape index (κ1) is 14.5. The average Bonchev–Trinajstić information content (AvgIpc) is 2.71. The molecule has 0 saturated carbocycles. The third kappa shape index (κ3) is 3.76. The van der Waals surface area contributed by atoms with Crippen molar-refractivity contribution in [3.8, 4) is 0 Å². The second kappa shape index (κ2) is 7.01. The molecule has 3 N–H and O–H groups in total. The van der Waals surface area contributed by atoms with Crippen molar-refractivity contribution in [3.05, 3.63) is 35.9 Å². The first-order valence-corrected chi connectivity index (χ1v) is 6.97. The Morgan fingerprint density at radius 1 is 1.11 bits per heavy atom. The van der Waals surface area contributed by atoms with Crippen molar-refractivity contribution in [1.82, 2.24) is 4.90 Å². The summed E-state index contributed by atoms with van der Waals surface area (Å²) in [5.74, 6) is 0. The van der Waals surface area contributed by atoms with Crippen molar-refractivity contribution in [3.63, 3.8) is 0 Å². The number of aryl methyl sites for hydroxylation is 1. The topological polar surface area (TPSA) is 63.9 Å². The number of hydrogen-bond acceptors (Lipinski definition) is 4. The molecule has 1 aliphatic rings. The predicted molar refractivity (Wildman–Crippen MR) is 73.8 cm³/mol. The van der Waals surface area contributed by atoms with E-state index in [0.29, 0.717) is 6.54 Å². The SMILES string of the molecule is OC[C@H]1[C@H](O)[C@@H](O)CN1CCCCc1ccccc1. The van der Waals surface area contributed by atoms with Gasteiger partial charge in [-0.3, -0.25) is 4.90 Å². The molecule has 1 heterocycles. The van der Waals surface area contributed by atoms with Crippen LogP contribution in [0.1, 0.15) is 18.4 Å². The van der Waals surface area contributed by atoms with Gasteiger partial charge in [0.15, 0.2) is 0 Å². The Labute approximate surface area is 114 Å². The van der Waals surface area contributed by atoms with Gasteiger partial charge in [-0.25, -0.2) is 0 Å². The summed E-state index contributed by atoms with van der Waals surface area (Å²) in [6.07, 6.45) is 1.57. The Morgan fingerprint density at radius 3 is 2.53 bits per heavy atom. The van der Waals surface area contributed by atoms with Gasteiger partial charge < -0.3 is 15.3 Å². The van der Waals surface area contributed by atoms with Crippen LogP contribution in [-0.2, 0) is 6.42 Å². The summed E-state index contributed by atoms with van der Waals surface area (Å²) in [6.45, 7) is 1.17. The lowest BCUT2D eigenvalue weighted by molar-refractivity contribution is 0.0216. The lowest BCUT2D eigenvalue weighted by Gasteiger charge is -2.23. The summed E-state index contributed by atoms with van der Waals surface area (Å²) in [4.78, 5) is 1.99. The van der Waals surface area contributed by atoms with E-state index in [0.717, 1.165) is 25.8 Å². The Bertz CT molecular complexity index is 371. The zero-order valence-electron chi connectivity index (χ0n) is 11.2. The average molecular weight is 265 g/mol. The largest absolute Gasteiger partial charge is 0.395 e. The third-order valence-corrected chi connectivity index (χ3v) is 3.87. The number of β-amino-alcohol motifs (C(OH)–C–C–N with tert-alkyl or cyclic N) is 1. The summed E-state index contributed by atoms with van der Waals surface area (Å²) >= 11 is 0. The minimum atomic E-state index is -0.820. The number of rotatable bonds is 6. The molecule has 0 radical (unpaired) electrons. The van der Waals surface area contributed by atoms with E-state index in [1.54, 1.807) is 0 Å². The van der Waals surface area contributed by atoms with Gasteiger partial charge in [0.1, 0.15) is 0 Å². The molecule has 3 atom stereocenters. The van der Waals surface area contributed by atoms with Gasteiger partial charge >= 0.3 is 0 Å². The highest BCUT2D eigenvalue weighted by atomic mass is 16.3. The van der Waals surface area contributed by atoms with E-state index in [9.17, 15) is 15.3 Å². The smallest absolute Gasteiger partial charge is 0.0988 e. The van der Waals surface area contributed by atoms with Gasteiger partial charge in [0, 0.05) is 6.54 Å². The van der Waals surface area contributed by atoms with E-state index in [4.69, 9.17) is 0 Å². The van der Waals surface area contributed by atoms with Gasteiger partial charge in [0.05, 0.1) is 24.9 Å². The second-order valence-electron chi connectivity index (χ2n) is 5.25. The van der Waals surface area contributed by atoms with Crippen LogP contribution < -0.4 is 0 Å². The van der Waals surface area contributed by atoms with Crippen LogP contribution in [0.15, 0.2) is 30.3 Å². The maximum Gasteiger partial charge on any atom is 0.0988 e. The van der Waals surface area contributed by atoms with Crippen LogP contribution in [0.3, 0.4) is 0 Å². The van der Waals surface area contributed by atoms with Crippen molar-refractivity contribution < 1.29 is 15.3 Å². The maximum atomic E-state index is 9.71. The highest BCUT2D eigenvalue weighted by molar-refractivity contribution is 5.14. The van der Waals surface area contributed by atoms with E-state index in [-0.39, 0.29) is 12.6 Å². The summed E-state index contributed by atoms with van der Waals surface area (Å²) in [5.41, 5.74) is 1.34. The fraction of sp³-hybridized carbons (Fsp3) is 0.600. The molecule has 4 nitrogen and oxygen atoms in total. The third-order valence-electron chi connectivity index (χ3n) is 3.87. The molecular weight excluding hydrogens is 242 g/mol. The molecule has 2 rings (SSSR count). The van der Waals surface area contributed by atoms with Crippen molar-refractivity contribution in [1.29, 1.82) is 0 Å². The molecule has 1 aromatic rings. The first-order valence-electron chi connectivity index (χ1n) is 6.97. The van der Waals surface area contributed by atoms with Crippen LogP contribution in [0, 0.1) is 0 Å². The maximum absolute atomic E-state index is 9.71. The number of aliphatic hydroxyl groups excluding tert-OH is 3. The molecule has 0 unspecified atom stereocenters. The molecule has 0 aromatic heterocycles. The molecule has 19 heavy (non-hydrogen) atoms. The monoisotopic (exact) mass is 265 g/mol. The number of nitrogens with zero attached hydrogens (tertiary/aromatic N) is 1. The molecule has 1 aromatic carbocycles. The first-order chi connectivity index (χ1) is 9.22. The fourth-order valence-corrected chi connectivity index (χ4v) is 2.73. The van der Waals surface area contributed by atoms with Crippen LogP contribution in [0.2, 0.25) is 0 Å². The molecule has 106 valence electrons. The minimum Gasteiger partial charge on any atom is -0.395 e. The van der Waals surface area contributed by atoms with E-state index >= 15 is 0 Å². The highest BCUT2D eigenvalue weighted by Crippen LogP contribution is 2.19. The van der Waals surface area contributed by atoms with E-state index in [2.05, 4.69) is 12.1 Å². The number of hydrogen-bond donors (Lipinski definition) is 3. The predicted octanol–water partition coefficient (Wildman–Crippen LogP) is 0.408. The van der Waals surface area contributed by atoms with Crippen LogP contribution in [0.25, 0.3) is 0 Å². The minimum absolute atomic E-state index is 0.100. The fourth-order valence-electron chi connectivity index (χ4n) is 2.73. The van der Waals surface area contributed by atoms with Gasteiger partial charge in [-0.2, -0.15) is 0 Å². The number of unbranched alkanes of at least 4 members (excludes halogenated alkanes) is 1. The molecule has 4 heteroatoms. The number of likely N-dealkylation sites (tertiary alicyclic amines) is 1. The quantitative estimate of drug-likeness (QED) is 0.652. The van der Waals surface area contributed by atoms with Crippen LogP contribution in [-0.4, -0.2) is 58.2 Å². The Hall–Kier alpha value is -0.940. The molecule has 0 spiro atoms. The van der Waals surface area contributed by atoms with E-state index in [1.165, 1.54) is 5.56 Å². The molecule has 1 aliphatic heterocycles. The highest BCUT2D eigenvalue weighted by Gasteiger charge is 2.38. The molecular formula is C15H23NO3. The van der Waals surface area contributed by atoms with Crippen molar-refractivity contribution in [2.24, 2.45) is 0 Å². The number of aliphatic hydroxyl groups is 3. The number of benzene rings is 1. The molecule has 0 aliphatic carbocycles. The van der Waals surface area contributed by atoms with Gasteiger partial charge in [0.25, 0.3) is 0 Å². The van der Waals surface area contributed by atoms with Gasteiger partial charge in [-0.1, -0.05) is 30.3 Å². The standard InChI is InChI=1S/C15H23NO3/c17-11-13-15(19)14(18)10-16(13)9-5-4-8-12-6-2-1-3-7-12/h1-3,6-7,13-15,17-19H,4-5,8-11H2/t13-,14-,15-/m0/s1. The Morgan fingerprint density at radius 2 is 1.84 bits per heavy atom. The Kier molecular flexibility index (Phi) is 5.34. The zero-order chi connectivity index (χ0) is 13.7. The zero-order valence-corrected chi connectivity index (χ0v) is 11.2.